The Morgan fingerprint density at radius 1 is 1.15 bits per heavy atom. The number of aliphatic hydroxyl groups is 1. The molecule has 0 radical (unpaired) electrons. The zero-order valence-corrected chi connectivity index (χ0v) is 15.4. The summed E-state index contributed by atoms with van der Waals surface area (Å²) in [4.78, 5) is 13.6. The molecule has 2 N–H and O–H groups in total. The predicted molar refractivity (Wildman–Crippen MR) is 99.0 cm³/mol. The molecule has 0 amide bonds. The molecule has 2 aliphatic rings. The first-order valence-corrected chi connectivity index (χ1v) is 9.27. The van der Waals surface area contributed by atoms with Gasteiger partial charge in [-0.15, -0.1) is 0 Å². The van der Waals surface area contributed by atoms with Crippen molar-refractivity contribution in [2.45, 2.75) is 38.1 Å². The molecule has 8 nitrogen and oxygen atoms in total. The molecule has 3 atom stereocenters. The van der Waals surface area contributed by atoms with E-state index >= 15 is 0 Å². The molecule has 1 saturated carbocycles. The molecular formula is C18H27N7O. The van der Waals surface area contributed by atoms with Crippen molar-refractivity contribution in [3.63, 3.8) is 0 Å². The minimum absolute atomic E-state index is 0.00534. The zero-order chi connectivity index (χ0) is 18.1. The number of anilines is 1. The van der Waals surface area contributed by atoms with Gasteiger partial charge in [0.2, 0.25) is 5.95 Å². The lowest BCUT2D eigenvalue weighted by Crippen LogP contribution is -2.54. The van der Waals surface area contributed by atoms with Crippen molar-refractivity contribution in [3.05, 3.63) is 35.9 Å². The Balaban J connectivity index is 1.32. The fourth-order valence-corrected chi connectivity index (χ4v) is 3.63. The predicted octanol–water partition coefficient (Wildman–Crippen LogP) is 0.197. The van der Waals surface area contributed by atoms with Gasteiger partial charge in [0, 0.05) is 62.9 Å². The third-order valence-electron chi connectivity index (χ3n) is 5.38. The van der Waals surface area contributed by atoms with E-state index in [1.165, 1.54) is 0 Å². The van der Waals surface area contributed by atoms with Gasteiger partial charge in [0.15, 0.2) is 0 Å². The van der Waals surface area contributed by atoms with Gasteiger partial charge in [-0.3, -0.25) is 4.68 Å². The number of piperazine rings is 1. The molecular weight excluding hydrogens is 330 g/mol. The van der Waals surface area contributed by atoms with Gasteiger partial charge in [0.25, 0.3) is 0 Å². The number of rotatable bonds is 5. The molecule has 8 heteroatoms. The van der Waals surface area contributed by atoms with Crippen LogP contribution < -0.4 is 10.2 Å². The standard InChI is InChI=1S/C18H27N7O/c1-13-8-22-25(12-13)17-15(7-16(17)26)19-9-14-10-20-18(21-11-14)24-5-3-23(2)4-6-24/h8,10-12,15-17,19,26H,3-7,9H2,1-2H3/t15-,16+,17+/m0/s1. The van der Waals surface area contributed by atoms with Gasteiger partial charge in [-0.05, 0) is 26.0 Å². The SMILES string of the molecule is Cc1cnn([C@H]2[C@H](O)C[C@@H]2NCc2cnc(N3CCN(C)CC3)nc2)c1. The molecule has 26 heavy (non-hydrogen) atoms. The lowest BCUT2D eigenvalue weighted by Gasteiger charge is -2.42. The number of hydrogen-bond donors (Lipinski definition) is 2. The Bertz CT molecular complexity index is 723. The van der Waals surface area contributed by atoms with Crippen LogP contribution in [0.5, 0.6) is 0 Å². The van der Waals surface area contributed by atoms with Crippen molar-refractivity contribution < 1.29 is 5.11 Å². The maximum Gasteiger partial charge on any atom is 0.225 e. The largest absolute Gasteiger partial charge is 0.391 e. The second-order valence-corrected chi connectivity index (χ2v) is 7.46. The highest BCUT2D eigenvalue weighted by Gasteiger charge is 2.41. The van der Waals surface area contributed by atoms with Crippen molar-refractivity contribution in [2.75, 3.05) is 38.1 Å². The molecule has 4 rings (SSSR count). The molecule has 2 aromatic heterocycles. The molecule has 3 heterocycles. The monoisotopic (exact) mass is 357 g/mol. The lowest BCUT2D eigenvalue weighted by atomic mass is 9.83. The summed E-state index contributed by atoms with van der Waals surface area (Å²) in [7, 11) is 2.14. The van der Waals surface area contributed by atoms with E-state index in [1.807, 2.05) is 36.4 Å². The Kier molecular flexibility index (Phi) is 4.88. The van der Waals surface area contributed by atoms with Crippen LogP contribution in [0.25, 0.3) is 0 Å². The summed E-state index contributed by atoms with van der Waals surface area (Å²) in [6.07, 6.45) is 8.00. The summed E-state index contributed by atoms with van der Waals surface area (Å²) in [5.74, 6) is 0.811. The zero-order valence-electron chi connectivity index (χ0n) is 15.4. The quantitative estimate of drug-likeness (QED) is 0.791. The normalized spacial score (nSPS) is 26.7. The molecule has 0 spiro atoms. The van der Waals surface area contributed by atoms with Crippen LogP contribution in [-0.2, 0) is 6.54 Å². The van der Waals surface area contributed by atoms with E-state index < -0.39 is 0 Å². The van der Waals surface area contributed by atoms with Gasteiger partial charge in [-0.1, -0.05) is 0 Å². The van der Waals surface area contributed by atoms with Gasteiger partial charge in [0.1, 0.15) is 0 Å². The number of aryl methyl sites for hydroxylation is 1. The number of nitrogens with one attached hydrogen (secondary N) is 1. The van der Waals surface area contributed by atoms with Crippen LogP contribution in [-0.4, -0.2) is 75.1 Å². The van der Waals surface area contributed by atoms with Crippen molar-refractivity contribution in [3.8, 4) is 0 Å². The topological polar surface area (TPSA) is 82.3 Å². The first kappa shape index (κ1) is 17.4. The van der Waals surface area contributed by atoms with E-state index in [9.17, 15) is 5.11 Å². The molecule has 1 saturated heterocycles. The molecule has 0 aromatic carbocycles. The Hall–Kier alpha value is -2.03. The highest BCUT2D eigenvalue weighted by Crippen LogP contribution is 2.32. The van der Waals surface area contributed by atoms with E-state index in [2.05, 4.69) is 37.2 Å². The number of likely N-dealkylation sites (N-methyl/N-ethyl adjacent to an activating group) is 1. The minimum Gasteiger partial charge on any atom is -0.391 e. The molecule has 140 valence electrons. The third kappa shape index (κ3) is 3.58. The summed E-state index contributed by atoms with van der Waals surface area (Å²) in [5, 5.41) is 18.0. The van der Waals surface area contributed by atoms with E-state index in [0.29, 0.717) is 6.54 Å². The first-order valence-electron chi connectivity index (χ1n) is 9.27. The second-order valence-electron chi connectivity index (χ2n) is 7.46. The molecule has 0 bridgehead atoms. The van der Waals surface area contributed by atoms with Crippen molar-refractivity contribution >= 4 is 5.95 Å². The average Bonchev–Trinajstić information content (AvgIpc) is 3.05. The van der Waals surface area contributed by atoms with E-state index in [-0.39, 0.29) is 18.2 Å². The fourth-order valence-electron chi connectivity index (χ4n) is 3.63. The Labute approximate surface area is 153 Å². The van der Waals surface area contributed by atoms with E-state index in [1.54, 1.807) is 0 Å². The molecule has 1 aliphatic carbocycles. The van der Waals surface area contributed by atoms with E-state index in [4.69, 9.17) is 0 Å². The van der Waals surface area contributed by atoms with Crippen LogP contribution in [0.2, 0.25) is 0 Å². The van der Waals surface area contributed by atoms with Crippen LogP contribution in [0.1, 0.15) is 23.6 Å². The summed E-state index contributed by atoms with van der Waals surface area (Å²) in [5.41, 5.74) is 2.16. The summed E-state index contributed by atoms with van der Waals surface area (Å²) >= 11 is 0. The third-order valence-corrected chi connectivity index (χ3v) is 5.38. The summed E-state index contributed by atoms with van der Waals surface area (Å²) < 4.78 is 1.87. The first-order chi connectivity index (χ1) is 12.6. The Morgan fingerprint density at radius 2 is 1.88 bits per heavy atom. The number of hydrogen-bond acceptors (Lipinski definition) is 7. The summed E-state index contributed by atoms with van der Waals surface area (Å²) in [6.45, 7) is 6.74. The summed E-state index contributed by atoms with van der Waals surface area (Å²) in [6, 6.07) is 0.204. The van der Waals surface area contributed by atoms with Gasteiger partial charge >= 0.3 is 0 Å². The van der Waals surface area contributed by atoms with Crippen molar-refractivity contribution in [2.24, 2.45) is 0 Å². The van der Waals surface area contributed by atoms with Gasteiger partial charge in [-0.25, -0.2) is 9.97 Å². The van der Waals surface area contributed by atoms with Crippen LogP contribution in [0, 0.1) is 6.92 Å². The van der Waals surface area contributed by atoms with Crippen LogP contribution in [0.3, 0.4) is 0 Å². The Morgan fingerprint density at radius 3 is 2.50 bits per heavy atom. The minimum atomic E-state index is -0.345. The van der Waals surface area contributed by atoms with E-state index in [0.717, 1.165) is 49.7 Å². The van der Waals surface area contributed by atoms with Gasteiger partial charge in [-0.2, -0.15) is 5.10 Å². The maximum atomic E-state index is 10.1. The van der Waals surface area contributed by atoms with Gasteiger partial charge in [0.05, 0.1) is 18.3 Å². The number of aromatic nitrogens is 4. The lowest BCUT2D eigenvalue weighted by molar-refractivity contribution is -0.00825. The number of aliphatic hydroxyl groups excluding tert-OH is 1. The highest BCUT2D eigenvalue weighted by atomic mass is 16.3. The smallest absolute Gasteiger partial charge is 0.225 e. The van der Waals surface area contributed by atoms with Crippen LogP contribution in [0.4, 0.5) is 5.95 Å². The van der Waals surface area contributed by atoms with Crippen LogP contribution in [0.15, 0.2) is 24.8 Å². The molecule has 1 aliphatic heterocycles. The molecule has 0 unspecified atom stereocenters. The van der Waals surface area contributed by atoms with Crippen molar-refractivity contribution in [1.29, 1.82) is 0 Å². The van der Waals surface area contributed by atoms with Crippen LogP contribution >= 0.6 is 0 Å². The van der Waals surface area contributed by atoms with Gasteiger partial charge < -0.3 is 20.2 Å². The van der Waals surface area contributed by atoms with Crippen molar-refractivity contribution in [1.82, 2.24) is 30.0 Å². The number of nitrogens with zero attached hydrogens (tertiary/aromatic N) is 6. The highest BCUT2D eigenvalue weighted by molar-refractivity contribution is 5.30. The molecule has 2 fully saturated rings. The maximum absolute atomic E-state index is 10.1. The fraction of sp³-hybridized carbons (Fsp3) is 0.611. The average molecular weight is 357 g/mol. The molecule has 2 aromatic rings. The second kappa shape index (κ2) is 7.30.